The number of carbonyl (C=O) groups is 1. The van der Waals surface area contributed by atoms with Gasteiger partial charge in [-0.3, -0.25) is 4.79 Å². The Bertz CT molecular complexity index is 624. The molecule has 3 nitrogen and oxygen atoms in total. The van der Waals surface area contributed by atoms with E-state index in [4.69, 9.17) is 0 Å². The maximum atomic E-state index is 13.0. The third-order valence-corrected chi connectivity index (χ3v) is 4.56. The number of aryl methyl sites for hydroxylation is 2. The Morgan fingerprint density at radius 3 is 2.59 bits per heavy atom. The summed E-state index contributed by atoms with van der Waals surface area (Å²) in [5.74, 6) is -0.158. The fourth-order valence-electron chi connectivity index (χ4n) is 2.49. The van der Waals surface area contributed by atoms with E-state index < -0.39 is 0 Å². The molecular formula is C17H21FN2OS. The first-order valence-corrected chi connectivity index (χ1v) is 8.35. The molecule has 1 heterocycles. The average Bonchev–Trinajstić information content (AvgIpc) is 2.92. The molecule has 2 aromatic rings. The van der Waals surface area contributed by atoms with Crippen LogP contribution in [0.15, 0.2) is 29.6 Å². The van der Waals surface area contributed by atoms with E-state index >= 15 is 0 Å². The van der Waals surface area contributed by atoms with Crippen LogP contribution in [0.4, 0.5) is 4.39 Å². The van der Waals surface area contributed by atoms with Gasteiger partial charge in [0.2, 0.25) is 5.91 Å². The van der Waals surface area contributed by atoms with E-state index in [1.54, 1.807) is 23.5 Å². The summed E-state index contributed by atoms with van der Waals surface area (Å²) in [5, 5.41) is 3.02. The fourth-order valence-corrected chi connectivity index (χ4v) is 3.14. The van der Waals surface area contributed by atoms with Crippen LogP contribution in [0, 0.1) is 12.7 Å². The van der Waals surface area contributed by atoms with E-state index in [9.17, 15) is 9.18 Å². The summed E-state index contributed by atoms with van der Waals surface area (Å²) in [7, 11) is 0. The predicted molar refractivity (Wildman–Crippen MR) is 87.4 cm³/mol. The largest absolute Gasteiger partial charge is 0.336 e. The van der Waals surface area contributed by atoms with Crippen LogP contribution >= 0.6 is 11.3 Å². The van der Waals surface area contributed by atoms with Gasteiger partial charge in [0.1, 0.15) is 5.82 Å². The van der Waals surface area contributed by atoms with E-state index in [1.165, 1.54) is 12.1 Å². The number of thiazole rings is 1. The Balaban J connectivity index is 2.00. The van der Waals surface area contributed by atoms with Crippen molar-refractivity contribution in [1.29, 1.82) is 0 Å². The van der Waals surface area contributed by atoms with Crippen LogP contribution in [0.5, 0.6) is 0 Å². The van der Waals surface area contributed by atoms with Gasteiger partial charge in [0.05, 0.1) is 16.7 Å². The van der Waals surface area contributed by atoms with Gasteiger partial charge in [-0.05, 0) is 44.9 Å². The molecule has 5 heteroatoms. The summed E-state index contributed by atoms with van der Waals surface area (Å²) < 4.78 is 13.0. The zero-order valence-electron chi connectivity index (χ0n) is 13.2. The van der Waals surface area contributed by atoms with Crippen molar-refractivity contribution in [3.05, 3.63) is 51.7 Å². The first-order valence-electron chi connectivity index (χ1n) is 7.47. The Labute approximate surface area is 134 Å². The molecule has 0 bridgehead atoms. The van der Waals surface area contributed by atoms with E-state index in [1.807, 2.05) is 31.1 Å². The monoisotopic (exact) mass is 320 g/mol. The normalized spacial score (nSPS) is 12.2. The molecule has 22 heavy (non-hydrogen) atoms. The molecule has 0 N–H and O–H groups in total. The Kier molecular flexibility index (Phi) is 5.66. The number of carbonyl (C=O) groups excluding carboxylic acids is 1. The lowest BCUT2D eigenvalue weighted by atomic mass is 10.1. The lowest BCUT2D eigenvalue weighted by Crippen LogP contribution is -2.33. The number of hydrogen-bond acceptors (Lipinski definition) is 3. The van der Waals surface area contributed by atoms with Crippen LogP contribution in [0.3, 0.4) is 0 Å². The minimum Gasteiger partial charge on any atom is -0.336 e. The number of rotatable bonds is 6. The van der Waals surface area contributed by atoms with Crippen LogP contribution in [-0.2, 0) is 11.2 Å². The predicted octanol–water partition coefficient (Wildman–Crippen LogP) is 4.13. The second kappa shape index (κ2) is 7.49. The van der Waals surface area contributed by atoms with Crippen LogP contribution < -0.4 is 0 Å². The second-order valence-corrected chi connectivity index (χ2v) is 6.33. The van der Waals surface area contributed by atoms with Gasteiger partial charge >= 0.3 is 0 Å². The topological polar surface area (TPSA) is 33.2 Å². The van der Waals surface area contributed by atoms with Crippen molar-refractivity contribution >= 4 is 17.2 Å². The van der Waals surface area contributed by atoms with E-state index in [0.29, 0.717) is 19.4 Å². The van der Waals surface area contributed by atoms with Crippen molar-refractivity contribution in [3.63, 3.8) is 0 Å². The van der Waals surface area contributed by atoms with Crippen LogP contribution in [0.1, 0.15) is 42.6 Å². The number of hydrogen-bond donors (Lipinski definition) is 0. The summed E-state index contributed by atoms with van der Waals surface area (Å²) in [6.07, 6.45) is 1.11. The summed E-state index contributed by atoms with van der Waals surface area (Å²) in [5.41, 5.74) is 1.92. The molecule has 1 aromatic carbocycles. The van der Waals surface area contributed by atoms with E-state index in [-0.39, 0.29) is 17.8 Å². The van der Waals surface area contributed by atoms with Gasteiger partial charge in [-0.25, -0.2) is 9.37 Å². The minimum atomic E-state index is -0.260. The molecule has 0 saturated carbocycles. The number of halogens is 1. The van der Waals surface area contributed by atoms with Gasteiger partial charge in [-0.1, -0.05) is 12.1 Å². The fraction of sp³-hybridized carbons (Fsp3) is 0.412. The van der Waals surface area contributed by atoms with Gasteiger partial charge in [-0.2, -0.15) is 0 Å². The van der Waals surface area contributed by atoms with Crippen molar-refractivity contribution in [1.82, 2.24) is 9.88 Å². The standard InChI is InChI=1S/C17H21FN2OS/c1-4-20(12(2)14-5-7-15(18)8-6-14)17(21)10-9-16-11-22-13(3)19-16/h5-8,11-12H,4,9-10H2,1-3H3/t12-/m0/s1. The molecule has 0 unspecified atom stereocenters. The molecule has 0 saturated heterocycles. The highest BCUT2D eigenvalue weighted by Crippen LogP contribution is 2.21. The number of benzene rings is 1. The molecule has 0 fully saturated rings. The Hall–Kier alpha value is -1.75. The molecule has 0 aliphatic rings. The third kappa shape index (κ3) is 4.13. The quantitative estimate of drug-likeness (QED) is 0.801. The lowest BCUT2D eigenvalue weighted by Gasteiger charge is -2.28. The van der Waals surface area contributed by atoms with E-state index in [0.717, 1.165) is 16.3 Å². The molecule has 0 aliphatic heterocycles. The first-order chi connectivity index (χ1) is 10.5. The van der Waals surface area contributed by atoms with Gasteiger partial charge in [0, 0.05) is 18.3 Å². The van der Waals surface area contributed by atoms with Crippen molar-refractivity contribution in [2.24, 2.45) is 0 Å². The Morgan fingerprint density at radius 1 is 1.36 bits per heavy atom. The van der Waals surface area contributed by atoms with Crippen molar-refractivity contribution < 1.29 is 9.18 Å². The maximum Gasteiger partial charge on any atom is 0.223 e. The molecule has 2 rings (SSSR count). The minimum absolute atomic E-state index is 0.0599. The second-order valence-electron chi connectivity index (χ2n) is 5.27. The average molecular weight is 320 g/mol. The highest BCUT2D eigenvalue weighted by molar-refractivity contribution is 7.09. The summed E-state index contributed by atoms with van der Waals surface area (Å²) >= 11 is 1.60. The number of amides is 1. The van der Waals surface area contributed by atoms with E-state index in [2.05, 4.69) is 4.98 Å². The molecule has 1 amide bonds. The molecule has 0 radical (unpaired) electrons. The lowest BCUT2D eigenvalue weighted by molar-refractivity contribution is -0.133. The van der Waals surface area contributed by atoms with Gasteiger partial charge < -0.3 is 4.90 Å². The zero-order valence-corrected chi connectivity index (χ0v) is 14.0. The SMILES string of the molecule is CCN(C(=O)CCc1csc(C)n1)[C@@H](C)c1ccc(F)cc1. The van der Waals surface area contributed by atoms with Crippen LogP contribution in [0.25, 0.3) is 0 Å². The zero-order chi connectivity index (χ0) is 16.1. The van der Waals surface area contributed by atoms with Crippen molar-refractivity contribution in [2.75, 3.05) is 6.54 Å². The Morgan fingerprint density at radius 2 is 2.05 bits per heavy atom. The van der Waals surface area contributed by atoms with Gasteiger partial charge in [0.15, 0.2) is 0 Å². The van der Waals surface area contributed by atoms with Gasteiger partial charge in [0.25, 0.3) is 0 Å². The summed E-state index contributed by atoms with van der Waals surface area (Å²) in [6, 6.07) is 6.28. The molecule has 1 aromatic heterocycles. The summed E-state index contributed by atoms with van der Waals surface area (Å²) in [4.78, 5) is 18.7. The molecule has 1 atom stereocenters. The third-order valence-electron chi connectivity index (χ3n) is 3.74. The summed E-state index contributed by atoms with van der Waals surface area (Å²) in [6.45, 7) is 6.53. The van der Waals surface area contributed by atoms with Crippen LogP contribution in [-0.4, -0.2) is 22.3 Å². The highest BCUT2D eigenvalue weighted by Gasteiger charge is 2.20. The first kappa shape index (κ1) is 16.6. The molecule has 0 aliphatic carbocycles. The highest BCUT2D eigenvalue weighted by atomic mass is 32.1. The maximum absolute atomic E-state index is 13.0. The molecule has 118 valence electrons. The van der Waals surface area contributed by atoms with Crippen LogP contribution in [0.2, 0.25) is 0 Å². The molecular weight excluding hydrogens is 299 g/mol. The van der Waals surface area contributed by atoms with Crippen molar-refractivity contribution in [2.45, 2.75) is 39.7 Å². The molecule has 0 spiro atoms. The smallest absolute Gasteiger partial charge is 0.223 e. The van der Waals surface area contributed by atoms with Gasteiger partial charge in [-0.15, -0.1) is 11.3 Å². The number of nitrogens with zero attached hydrogens (tertiary/aromatic N) is 2. The number of aromatic nitrogens is 1. The van der Waals surface area contributed by atoms with Crippen molar-refractivity contribution in [3.8, 4) is 0 Å².